The molecular formula is C22H16Na2O11. The van der Waals surface area contributed by atoms with Gasteiger partial charge in [-0.2, -0.15) is 0 Å². The van der Waals surface area contributed by atoms with Gasteiger partial charge in [-0.3, -0.25) is 0 Å². The molecule has 0 saturated carbocycles. The third-order valence-electron chi connectivity index (χ3n) is 3.94. The van der Waals surface area contributed by atoms with Gasteiger partial charge in [0.2, 0.25) is 0 Å². The topological polar surface area (TPSA) is 194 Å². The van der Waals surface area contributed by atoms with E-state index in [4.69, 9.17) is 0 Å². The zero-order chi connectivity index (χ0) is 24.5. The number of esters is 2. The summed E-state index contributed by atoms with van der Waals surface area (Å²) >= 11 is 0. The maximum absolute atomic E-state index is 11.9. The number of rotatable bonds is 9. The molecule has 2 rings (SSSR count). The molecule has 0 aliphatic rings. The Bertz CT molecular complexity index is 1110. The molecule has 0 bridgehead atoms. The molecule has 0 aliphatic heterocycles. The average Bonchev–Trinajstić information content (AvgIpc) is 2.76. The van der Waals surface area contributed by atoms with E-state index < -0.39 is 47.6 Å². The van der Waals surface area contributed by atoms with Gasteiger partial charge in [-0.05, 0) is 47.5 Å². The fraction of sp³-hybridized carbons (Fsp3) is 0.0909. The third kappa shape index (κ3) is 10.6. The summed E-state index contributed by atoms with van der Waals surface area (Å²) in [6.45, 7) is 0. The zero-order valence-corrected chi connectivity index (χ0v) is 22.6. The summed E-state index contributed by atoms with van der Waals surface area (Å²) in [6, 6.07) is 9.04. The first kappa shape index (κ1) is 32.2. The number of carboxylic acid groups (broad SMARTS) is 2. The van der Waals surface area contributed by atoms with Crippen molar-refractivity contribution in [3.8, 4) is 17.2 Å². The monoisotopic (exact) mass is 502 g/mol. The fourth-order valence-corrected chi connectivity index (χ4v) is 2.35. The molecule has 0 amide bonds. The van der Waals surface area contributed by atoms with Crippen LogP contribution >= 0.6 is 0 Å². The number of ether oxygens (including phenoxy) is 2. The predicted octanol–water partition coefficient (Wildman–Crippen LogP) is -7.14. The van der Waals surface area contributed by atoms with Crippen molar-refractivity contribution in [1.29, 1.82) is 0 Å². The second-order valence-electron chi connectivity index (χ2n) is 6.36. The molecule has 35 heavy (non-hydrogen) atoms. The standard InChI is InChI=1S/C22H18O11.2Na/c23-14-6-1-12(2-7-14)4-9-17(26)32-19(21(28)29)20(22(30)31)33-18(27)10-5-13-3-8-15(24)16(25)11-13;;/h1-11,19-20,23-25H,(H,28,29)(H,30,31);;/q;2*+1/p-2/b9-4+,10-5+;;/t19-,20-;;/m0../s1. The van der Waals surface area contributed by atoms with Crippen LogP contribution < -0.4 is 69.3 Å². The van der Waals surface area contributed by atoms with E-state index in [-0.39, 0.29) is 70.4 Å². The summed E-state index contributed by atoms with van der Waals surface area (Å²) < 4.78 is 9.09. The molecule has 0 radical (unpaired) electrons. The molecule has 13 heteroatoms. The Morgan fingerprint density at radius 1 is 0.686 bits per heavy atom. The van der Waals surface area contributed by atoms with Gasteiger partial charge in [0.15, 0.2) is 23.7 Å². The first-order chi connectivity index (χ1) is 15.6. The number of carboxylic acids is 2. The van der Waals surface area contributed by atoms with Gasteiger partial charge in [0.1, 0.15) is 5.75 Å². The summed E-state index contributed by atoms with van der Waals surface area (Å²) in [6.07, 6.45) is -1.29. The minimum Gasteiger partial charge on any atom is -0.546 e. The summed E-state index contributed by atoms with van der Waals surface area (Å²) in [5.41, 5.74) is 0.650. The van der Waals surface area contributed by atoms with Crippen LogP contribution in [0.15, 0.2) is 54.6 Å². The Balaban J connectivity index is 0.00000578. The molecule has 2 atom stereocenters. The largest absolute Gasteiger partial charge is 1.00 e. The van der Waals surface area contributed by atoms with Gasteiger partial charge in [-0.25, -0.2) is 9.59 Å². The van der Waals surface area contributed by atoms with Crippen LogP contribution in [0, 0.1) is 0 Å². The van der Waals surface area contributed by atoms with Gasteiger partial charge in [-0.15, -0.1) is 0 Å². The SMILES string of the molecule is O=C(/C=C/c1ccc(O)cc1)O[C@H](C(=O)[O-])[C@H](OC(=O)/C=C/c1ccc(O)c(O)c1)C(=O)[O-].[Na+].[Na+]. The van der Waals surface area contributed by atoms with Crippen molar-refractivity contribution in [3.05, 3.63) is 65.7 Å². The molecule has 0 spiro atoms. The molecule has 0 fully saturated rings. The molecular weight excluding hydrogens is 486 g/mol. The van der Waals surface area contributed by atoms with Crippen LogP contribution in [0.2, 0.25) is 0 Å². The van der Waals surface area contributed by atoms with Crippen LogP contribution in [0.4, 0.5) is 0 Å². The van der Waals surface area contributed by atoms with E-state index in [0.29, 0.717) is 11.6 Å². The zero-order valence-electron chi connectivity index (χ0n) is 18.6. The number of carbonyl (C=O) groups is 4. The molecule has 0 saturated heterocycles. The van der Waals surface area contributed by atoms with Crippen LogP contribution in [0.5, 0.6) is 17.2 Å². The number of carbonyl (C=O) groups excluding carboxylic acids is 4. The van der Waals surface area contributed by atoms with Crippen molar-refractivity contribution in [1.82, 2.24) is 0 Å². The van der Waals surface area contributed by atoms with E-state index in [9.17, 15) is 44.7 Å². The Kier molecular flexibility index (Phi) is 14.0. The molecule has 172 valence electrons. The second kappa shape index (κ2) is 15.2. The third-order valence-corrected chi connectivity index (χ3v) is 3.94. The maximum atomic E-state index is 11.9. The predicted molar refractivity (Wildman–Crippen MR) is 106 cm³/mol. The number of benzene rings is 2. The molecule has 0 aliphatic carbocycles. The van der Waals surface area contributed by atoms with Crippen LogP contribution in [0.3, 0.4) is 0 Å². The minimum absolute atomic E-state index is 0. The number of hydrogen-bond acceptors (Lipinski definition) is 11. The van der Waals surface area contributed by atoms with Crippen LogP contribution in [-0.4, -0.2) is 51.4 Å². The van der Waals surface area contributed by atoms with Crippen LogP contribution in [0.1, 0.15) is 11.1 Å². The second-order valence-corrected chi connectivity index (χ2v) is 6.36. The van der Waals surface area contributed by atoms with E-state index >= 15 is 0 Å². The van der Waals surface area contributed by atoms with E-state index in [1.807, 2.05) is 0 Å². The fourth-order valence-electron chi connectivity index (χ4n) is 2.35. The van der Waals surface area contributed by atoms with Crippen molar-refractivity contribution < 1.29 is 113 Å². The first-order valence-corrected chi connectivity index (χ1v) is 9.07. The average molecular weight is 502 g/mol. The summed E-state index contributed by atoms with van der Waals surface area (Å²) in [5, 5.41) is 50.5. The number of hydrogen-bond donors (Lipinski definition) is 3. The minimum atomic E-state index is -2.54. The van der Waals surface area contributed by atoms with Crippen molar-refractivity contribution in [3.63, 3.8) is 0 Å². The van der Waals surface area contributed by atoms with Gasteiger partial charge in [-0.1, -0.05) is 18.2 Å². The molecule has 0 heterocycles. The first-order valence-electron chi connectivity index (χ1n) is 9.07. The quantitative estimate of drug-likeness (QED) is 0.128. The number of aromatic hydroxyl groups is 3. The number of phenolic OH excluding ortho intramolecular Hbond substituents is 3. The summed E-state index contributed by atoms with van der Waals surface area (Å²) in [7, 11) is 0. The van der Waals surface area contributed by atoms with Crippen molar-refractivity contribution in [2.45, 2.75) is 12.2 Å². The van der Waals surface area contributed by atoms with E-state index in [2.05, 4.69) is 9.47 Å². The van der Waals surface area contributed by atoms with E-state index in [1.54, 1.807) is 0 Å². The summed E-state index contributed by atoms with van der Waals surface area (Å²) in [4.78, 5) is 46.5. The Labute approximate surface area is 242 Å². The van der Waals surface area contributed by atoms with Crippen molar-refractivity contribution in [2.24, 2.45) is 0 Å². The van der Waals surface area contributed by atoms with Gasteiger partial charge < -0.3 is 44.6 Å². The normalized spacial score (nSPS) is 12.1. The number of phenols is 3. The maximum Gasteiger partial charge on any atom is 1.00 e. The van der Waals surface area contributed by atoms with Crippen molar-refractivity contribution in [2.75, 3.05) is 0 Å². The Morgan fingerprint density at radius 3 is 1.54 bits per heavy atom. The van der Waals surface area contributed by atoms with Crippen LogP contribution in [-0.2, 0) is 28.7 Å². The molecule has 11 nitrogen and oxygen atoms in total. The van der Waals surface area contributed by atoms with Gasteiger partial charge in [0, 0.05) is 12.2 Å². The molecule has 3 N–H and O–H groups in total. The van der Waals surface area contributed by atoms with Crippen LogP contribution in [0.25, 0.3) is 12.2 Å². The Morgan fingerprint density at radius 2 is 1.11 bits per heavy atom. The molecule has 0 unspecified atom stereocenters. The van der Waals surface area contributed by atoms with Gasteiger partial charge in [0.25, 0.3) is 0 Å². The molecule has 2 aromatic carbocycles. The van der Waals surface area contributed by atoms with E-state index in [1.165, 1.54) is 36.4 Å². The summed E-state index contributed by atoms with van der Waals surface area (Å²) in [5.74, 6) is -7.86. The molecule has 0 aromatic heterocycles. The Hall–Kier alpha value is -2.80. The van der Waals surface area contributed by atoms with E-state index in [0.717, 1.165) is 24.3 Å². The van der Waals surface area contributed by atoms with Gasteiger partial charge in [0.05, 0.1) is 11.9 Å². The van der Waals surface area contributed by atoms with Gasteiger partial charge >= 0.3 is 71.1 Å². The smallest absolute Gasteiger partial charge is 0.546 e. The molecule has 2 aromatic rings. The van der Waals surface area contributed by atoms with Crippen molar-refractivity contribution >= 4 is 36.0 Å². The number of aliphatic carboxylic acids is 2.